The summed E-state index contributed by atoms with van der Waals surface area (Å²) < 4.78 is 84.8. The number of amides is 1. The Hall–Kier alpha value is -2.76. The summed E-state index contributed by atoms with van der Waals surface area (Å²) in [4.78, 5) is 15.8. The van der Waals surface area contributed by atoms with Crippen LogP contribution in [-0.4, -0.2) is 46.3 Å². The molecule has 0 unspecified atom stereocenters. The number of benzene rings is 1. The van der Waals surface area contributed by atoms with Crippen LogP contribution in [0.5, 0.6) is 0 Å². The normalized spacial score (nSPS) is 15.0. The van der Waals surface area contributed by atoms with E-state index in [9.17, 15) is 31.1 Å². The summed E-state index contributed by atoms with van der Waals surface area (Å²) in [5, 5.41) is 4.49. The van der Waals surface area contributed by atoms with Gasteiger partial charge in [0.2, 0.25) is 0 Å². The predicted octanol–water partition coefficient (Wildman–Crippen LogP) is 4.52. The lowest BCUT2D eigenvalue weighted by Gasteiger charge is -2.20. The average Bonchev–Trinajstić information content (AvgIpc) is 2.92. The Balaban J connectivity index is 1.72. The van der Waals surface area contributed by atoms with E-state index in [0.29, 0.717) is 38.2 Å². The lowest BCUT2D eigenvalue weighted by Crippen LogP contribution is -2.31. The molecule has 1 aliphatic rings. The highest BCUT2D eigenvalue weighted by Crippen LogP contribution is 2.36. The van der Waals surface area contributed by atoms with Crippen LogP contribution in [0.25, 0.3) is 0 Å². The Morgan fingerprint density at radius 3 is 2.22 bits per heavy atom. The van der Waals surface area contributed by atoms with Gasteiger partial charge in [-0.1, -0.05) is 0 Å². The van der Waals surface area contributed by atoms with Crippen LogP contribution in [0.4, 0.5) is 31.1 Å². The lowest BCUT2D eigenvalue weighted by atomic mass is 10.1. The Morgan fingerprint density at radius 2 is 1.66 bits per heavy atom. The molecule has 2 heterocycles. The summed E-state index contributed by atoms with van der Waals surface area (Å²) in [5.41, 5.74) is -1.71. The highest BCUT2D eigenvalue weighted by molar-refractivity contribution is 5.67. The van der Waals surface area contributed by atoms with Gasteiger partial charge in [-0.05, 0) is 50.3 Å². The van der Waals surface area contributed by atoms with E-state index < -0.39 is 41.7 Å². The van der Waals surface area contributed by atoms with Crippen molar-refractivity contribution in [1.29, 1.82) is 0 Å². The minimum atomic E-state index is -4.96. The fraction of sp³-hybridized carbons (Fsp3) is 0.500. The number of alkyl halides is 6. The third kappa shape index (κ3) is 5.93. The number of carbonyl (C=O) groups is 1. The summed E-state index contributed by atoms with van der Waals surface area (Å²) in [6.45, 7) is 0.974. The zero-order valence-corrected chi connectivity index (χ0v) is 17.4. The van der Waals surface area contributed by atoms with Gasteiger partial charge in [0.25, 0.3) is 0 Å². The van der Waals surface area contributed by atoms with E-state index in [1.807, 2.05) is 25.1 Å². The molecule has 0 aliphatic carbocycles. The maximum atomic E-state index is 13.0. The number of fused-ring (bicyclic) bond motifs is 1. The number of aryl methyl sites for hydroxylation is 1. The molecule has 32 heavy (non-hydrogen) atoms. The molecule has 2 aromatic rings. The second kappa shape index (κ2) is 9.00. The summed E-state index contributed by atoms with van der Waals surface area (Å²) in [6, 6.07) is 2.99. The van der Waals surface area contributed by atoms with Gasteiger partial charge in [-0.15, -0.1) is 0 Å². The van der Waals surface area contributed by atoms with Crippen LogP contribution >= 0.6 is 0 Å². The van der Waals surface area contributed by atoms with Crippen molar-refractivity contribution in [2.45, 2.75) is 45.0 Å². The van der Waals surface area contributed by atoms with Gasteiger partial charge in [-0.25, -0.2) is 4.79 Å². The maximum Gasteiger partial charge on any atom is 0.416 e. The zero-order valence-electron chi connectivity index (χ0n) is 17.4. The highest BCUT2D eigenvalue weighted by Gasteiger charge is 2.37. The summed E-state index contributed by atoms with van der Waals surface area (Å²) in [5.74, 6) is 0. The molecule has 0 spiro atoms. The van der Waals surface area contributed by atoms with Crippen molar-refractivity contribution in [3.8, 4) is 0 Å². The first-order valence-corrected chi connectivity index (χ1v) is 9.73. The maximum absolute atomic E-state index is 13.0. The molecule has 1 aromatic heterocycles. The molecular weight excluding hydrogens is 442 g/mol. The van der Waals surface area contributed by atoms with E-state index in [4.69, 9.17) is 4.74 Å². The first-order chi connectivity index (χ1) is 14.8. The molecular formula is C20H22F6N4O2. The molecule has 0 radical (unpaired) electrons. The van der Waals surface area contributed by atoms with Crippen molar-refractivity contribution in [3.63, 3.8) is 0 Å². The molecule has 0 N–H and O–H groups in total. The topological polar surface area (TPSA) is 50.6 Å². The Labute approximate surface area is 180 Å². The van der Waals surface area contributed by atoms with Crippen molar-refractivity contribution in [2.75, 3.05) is 20.6 Å². The van der Waals surface area contributed by atoms with E-state index in [0.717, 1.165) is 11.4 Å². The number of hydrogen-bond acceptors (Lipinski definition) is 4. The number of aromatic nitrogens is 2. The van der Waals surface area contributed by atoms with Crippen molar-refractivity contribution >= 4 is 6.09 Å². The Kier molecular flexibility index (Phi) is 6.72. The van der Waals surface area contributed by atoms with Gasteiger partial charge in [-0.3, -0.25) is 4.68 Å². The van der Waals surface area contributed by atoms with Crippen LogP contribution in [-0.2, 0) is 43.3 Å². The number of halogens is 6. The smallest absolute Gasteiger partial charge is 0.416 e. The summed E-state index contributed by atoms with van der Waals surface area (Å²) in [6.07, 6.45) is -10.2. The van der Waals surface area contributed by atoms with Gasteiger partial charge >= 0.3 is 18.4 Å². The van der Waals surface area contributed by atoms with Crippen LogP contribution in [0.15, 0.2) is 24.3 Å². The zero-order chi connectivity index (χ0) is 23.7. The molecule has 6 nitrogen and oxygen atoms in total. The Bertz CT molecular complexity index is 936. The fourth-order valence-corrected chi connectivity index (χ4v) is 3.42. The average molecular weight is 464 g/mol. The molecule has 3 rings (SSSR count). The van der Waals surface area contributed by atoms with E-state index in [1.54, 1.807) is 4.68 Å². The molecule has 0 saturated heterocycles. The van der Waals surface area contributed by atoms with E-state index >= 15 is 0 Å². The summed E-state index contributed by atoms with van der Waals surface area (Å²) >= 11 is 0. The number of hydrogen-bond donors (Lipinski definition) is 0. The van der Waals surface area contributed by atoms with E-state index in [-0.39, 0.29) is 12.6 Å². The molecule has 176 valence electrons. The van der Waals surface area contributed by atoms with Gasteiger partial charge in [0.05, 0.1) is 29.1 Å². The monoisotopic (exact) mass is 464 g/mol. The minimum Gasteiger partial charge on any atom is -0.445 e. The SMILES string of the molecule is CN(C)Cc1cc2n(n1)CCCN(C(=O)OCc1cc(C(F)(F)F)cc(C(F)(F)F)c1)C2. The minimum absolute atomic E-state index is 0.0343. The van der Waals surface area contributed by atoms with Crippen LogP contribution in [0.2, 0.25) is 0 Å². The third-order valence-corrected chi connectivity index (χ3v) is 4.81. The van der Waals surface area contributed by atoms with Crippen LogP contribution in [0.3, 0.4) is 0 Å². The number of carbonyl (C=O) groups excluding carboxylic acids is 1. The van der Waals surface area contributed by atoms with Gasteiger partial charge in [-0.2, -0.15) is 31.4 Å². The summed E-state index contributed by atoms with van der Waals surface area (Å²) in [7, 11) is 3.79. The molecule has 0 fully saturated rings. The van der Waals surface area contributed by atoms with E-state index in [2.05, 4.69) is 5.10 Å². The molecule has 1 aliphatic heterocycles. The quantitative estimate of drug-likeness (QED) is 0.625. The van der Waals surface area contributed by atoms with Gasteiger partial charge in [0.1, 0.15) is 6.61 Å². The number of nitrogens with zero attached hydrogens (tertiary/aromatic N) is 4. The second-order valence-electron chi connectivity index (χ2n) is 7.83. The third-order valence-electron chi connectivity index (χ3n) is 4.81. The van der Waals surface area contributed by atoms with Crippen molar-refractivity contribution in [2.24, 2.45) is 0 Å². The number of rotatable bonds is 4. The first kappa shape index (κ1) is 23.9. The van der Waals surface area contributed by atoms with Gasteiger partial charge in [0.15, 0.2) is 0 Å². The van der Waals surface area contributed by atoms with Crippen LogP contribution in [0.1, 0.15) is 34.5 Å². The van der Waals surface area contributed by atoms with Gasteiger partial charge < -0.3 is 14.5 Å². The molecule has 0 atom stereocenters. The molecule has 0 saturated carbocycles. The second-order valence-corrected chi connectivity index (χ2v) is 7.83. The van der Waals surface area contributed by atoms with Crippen LogP contribution < -0.4 is 0 Å². The number of ether oxygens (including phenoxy) is 1. The molecule has 0 bridgehead atoms. The predicted molar refractivity (Wildman–Crippen MR) is 101 cm³/mol. The van der Waals surface area contributed by atoms with Crippen molar-refractivity contribution in [1.82, 2.24) is 19.6 Å². The lowest BCUT2D eigenvalue weighted by molar-refractivity contribution is -0.143. The van der Waals surface area contributed by atoms with Crippen LogP contribution in [0, 0.1) is 0 Å². The highest BCUT2D eigenvalue weighted by atomic mass is 19.4. The standard InChI is InChI=1S/C20H22F6N4O2/c1-28(2)10-16-9-17-11-29(4-3-5-30(17)27-16)18(31)32-12-13-6-14(19(21,22)23)8-15(7-13)20(24,25)26/h6-9H,3-5,10-12H2,1-2H3. The largest absolute Gasteiger partial charge is 0.445 e. The molecule has 12 heteroatoms. The fourth-order valence-electron chi connectivity index (χ4n) is 3.42. The van der Waals surface area contributed by atoms with Gasteiger partial charge in [0, 0.05) is 19.6 Å². The molecule has 1 aromatic carbocycles. The first-order valence-electron chi connectivity index (χ1n) is 9.73. The molecule has 1 amide bonds. The Morgan fingerprint density at radius 1 is 1.03 bits per heavy atom. The van der Waals surface area contributed by atoms with E-state index in [1.165, 1.54) is 4.90 Å². The van der Waals surface area contributed by atoms with Crippen molar-refractivity contribution in [3.05, 3.63) is 52.3 Å². The van der Waals surface area contributed by atoms with Crippen molar-refractivity contribution < 1.29 is 35.9 Å².